The fourth-order valence-corrected chi connectivity index (χ4v) is 4.55. The van der Waals surface area contributed by atoms with Crippen molar-refractivity contribution >= 4 is 17.7 Å². The molecule has 0 bridgehead atoms. The molecule has 4 rings (SSSR count). The molecule has 0 unspecified atom stereocenters. The average Bonchev–Trinajstić information content (AvgIpc) is 3.21. The molecule has 2 heterocycles. The van der Waals surface area contributed by atoms with Gasteiger partial charge in [0.2, 0.25) is 11.1 Å². The van der Waals surface area contributed by atoms with Crippen LogP contribution in [0.1, 0.15) is 35.6 Å². The lowest BCUT2D eigenvalue weighted by Crippen LogP contribution is -2.38. The van der Waals surface area contributed by atoms with Crippen molar-refractivity contribution in [1.29, 1.82) is 0 Å². The first kappa shape index (κ1) is 18.7. The minimum absolute atomic E-state index is 0.134. The number of aryl methyl sites for hydroxylation is 1. The summed E-state index contributed by atoms with van der Waals surface area (Å²) < 4.78 is 1.72. The van der Waals surface area contributed by atoms with Crippen LogP contribution < -0.4 is 0 Å². The molecule has 144 valence electrons. The smallest absolute Gasteiger partial charge is 0.240 e. The van der Waals surface area contributed by atoms with E-state index in [9.17, 15) is 4.79 Å². The fourth-order valence-electron chi connectivity index (χ4n) is 3.48. The summed E-state index contributed by atoms with van der Waals surface area (Å²) in [7, 11) is 0. The van der Waals surface area contributed by atoms with Gasteiger partial charge in [0.1, 0.15) is 5.25 Å². The van der Waals surface area contributed by atoms with Gasteiger partial charge in [-0.3, -0.25) is 4.79 Å². The van der Waals surface area contributed by atoms with Crippen molar-refractivity contribution in [2.24, 2.45) is 0 Å². The minimum atomic E-state index is -0.368. The number of amides is 1. The van der Waals surface area contributed by atoms with Gasteiger partial charge < -0.3 is 4.90 Å². The molecule has 1 aromatic heterocycles. The number of para-hydroxylation sites is 1. The van der Waals surface area contributed by atoms with Crippen LogP contribution in [0.3, 0.4) is 0 Å². The number of thioether (sulfide) groups is 1. The van der Waals surface area contributed by atoms with Gasteiger partial charge in [0.15, 0.2) is 0 Å². The number of aromatic nitrogens is 4. The third-order valence-electron chi connectivity index (χ3n) is 5.00. The second-order valence-corrected chi connectivity index (χ2v) is 8.03. The first-order valence-electron chi connectivity index (χ1n) is 9.59. The molecule has 6 nitrogen and oxygen atoms in total. The van der Waals surface area contributed by atoms with E-state index in [0.717, 1.165) is 42.7 Å². The topological polar surface area (TPSA) is 63.9 Å². The molecule has 0 N–H and O–H groups in total. The maximum absolute atomic E-state index is 13.4. The van der Waals surface area contributed by atoms with Crippen LogP contribution in [0.25, 0.3) is 5.69 Å². The highest BCUT2D eigenvalue weighted by molar-refractivity contribution is 8.00. The van der Waals surface area contributed by atoms with Gasteiger partial charge in [0, 0.05) is 13.1 Å². The molecule has 0 spiro atoms. The first-order valence-corrected chi connectivity index (χ1v) is 10.5. The second kappa shape index (κ2) is 8.56. The number of piperidine rings is 1. The molecule has 0 saturated carbocycles. The number of hydrogen-bond donors (Lipinski definition) is 0. The zero-order valence-corrected chi connectivity index (χ0v) is 16.7. The van der Waals surface area contributed by atoms with E-state index in [-0.39, 0.29) is 11.2 Å². The molecule has 1 fully saturated rings. The minimum Gasteiger partial charge on any atom is -0.341 e. The van der Waals surface area contributed by atoms with Gasteiger partial charge in [-0.1, -0.05) is 60.3 Å². The van der Waals surface area contributed by atoms with E-state index in [1.807, 2.05) is 66.4 Å². The number of rotatable bonds is 5. The molecule has 1 aliphatic heterocycles. The van der Waals surface area contributed by atoms with Crippen molar-refractivity contribution < 1.29 is 4.79 Å². The summed E-state index contributed by atoms with van der Waals surface area (Å²) in [6.07, 6.45) is 3.33. The standard InChI is InChI=1S/C21H23N5OS/c1-16-10-6-7-13-18(16)26-21(22-23-24-26)28-19(17-11-4-2-5-12-17)20(27)25-14-8-3-9-15-25/h2,4-7,10-13,19H,3,8-9,14-15H2,1H3/t19-/m0/s1. The zero-order chi connectivity index (χ0) is 19.3. The Morgan fingerprint density at radius 1 is 1.00 bits per heavy atom. The molecule has 0 radical (unpaired) electrons. The molecule has 2 aromatic carbocycles. The Balaban J connectivity index is 1.67. The van der Waals surface area contributed by atoms with Crippen LogP contribution >= 0.6 is 11.8 Å². The van der Waals surface area contributed by atoms with Crippen molar-refractivity contribution in [2.75, 3.05) is 13.1 Å². The van der Waals surface area contributed by atoms with E-state index in [1.54, 1.807) is 4.68 Å². The number of carbonyl (C=O) groups is 1. The molecule has 0 aliphatic carbocycles. The highest BCUT2D eigenvalue weighted by Crippen LogP contribution is 2.37. The molecular formula is C21H23N5OS. The van der Waals surface area contributed by atoms with Crippen LogP contribution in [0.4, 0.5) is 0 Å². The SMILES string of the molecule is Cc1ccccc1-n1nnnc1S[C@H](C(=O)N1CCCCC1)c1ccccc1. The quantitative estimate of drug-likeness (QED) is 0.617. The fraction of sp³-hybridized carbons (Fsp3) is 0.333. The highest BCUT2D eigenvalue weighted by atomic mass is 32.2. The lowest BCUT2D eigenvalue weighted by molar-refractivity contribution is -0.131. The number of carbonyl (C=O) groups excluding carboxylic acids is 1. The maximum atomic E-state index is 13.4. The van der Waals surface area contributed by atoms with Crippen LogP contribution in [-0.2, 0) is 4.79 Å². The molecule has 1 saturated heterocycles. The van der Waals surface area contributed by atoms with Gasteiger partial charge in [-0.15, -0.1) is 5.10 Å². The number of likely N-dealkylation sites (tertiary alicyclic amines) is 1. The Labute approximate surface area is 168 Å². The van der Waals surface area contributed by atoms with E-state index in [2.05, 4.69) is 15.5 Å². The summed E-state index contributed by atoms with van der Waals surface area (Å²) in [5.41, 5.74) is 2.98. The number of hydrogen-bond acceptors (Lipinski definition) is 5. The summed E-state index contributed by atoms with van der Waals surface area (Å²) in [6.45, 7) is 3.68. The van der Waals surface area contributed by atoms with Gasteiger partial charge in [-0.25, -0.2) is 0 Å². The summed E-state index contributed by atoms with van der Waals surface area (Å²) in [6, 6.07) is 17.9. The Bertz CT molecular complexity index is 937. The average molecular weight is 394 g/mol. The molecule has 1 aliphatic rings. The van der Waals surface area contributed by atoms with Gasteiger partial charge in [0.05, 0.1) is 5.69 Å². The number of nitrogens with zero attached hydrogens (tertiary/aromatic N) is 5. The van der Waals surface area contributed by atoms with Crippen molar-refractivity contribution in [2.45, 2.75) is 36.6 Å². The third-order valence-corrected chi connectivity index (χ3v) is 6.18. The third kappa shape index (κ3) is 3.94. The Hall–Kier alpha value is -2.67. The monoisotopic (exact) mass is 393 g/mol. The summed E-state index contributed by atoms with van der Waals surface area (Å²) in [5.74, 6) is 0.134. The first-order chi connectivity index (χ1) is 13.7. The van der Waals surface area contributed by atoms with E-state index in [0.29, 0.717) is 5.16 Å². The predicted octanol–water partition coefficient (Wildman–Crippen LogP) is 3.82. The Kier molecular flexibility index (Phi) is 5.71. The van der Waals surface area contributed by atoms with Crippen molar-refractivity contribution in [3.63, 3.8) is 0 Å². The van der Waals surface area contributed by atoms with Crippen LogP contribution in [0, 0.1) is 6.92 Å². The Morgan fingerprint density at radius 2 is 1.71 bits per heavy atom. The lowest BCUT2D eigenvalue weighted by atomic mass is 10.1. The summed E-state index contributed by atoms with van der Waals surface area (Å²) in [4.78, 5) is 15.3. The molecule has 28 heavy (non-hydrogen) atoms. The Morgan fingerprint density at radius 3 is 2.46 bits per heavy atom. The number of tetrazole rings is 1. The zero-order valence-electron chi connectivity index (χ0n) is 15.9. The van der Waals surface area contributed by atoms with E-state index in [1.165, 1.54) is 18.2 Å². The van der Waals surface area contributed by atoms with Crippen LogP contribution in [0.15, 0.2) is 59.8 Å². The largest absolute Gasteiger partial charge is 0.341 e. The van der Waals surface area contributed by atoms with Gasteiger partial charge in [-0.05, 0) is 53.8 Å². The molecule has 1 atom stereocenters. The summed E-state index contributed by atoms with van der Waals surface area (Å²) in [5, 5.41) is 12.5. The molecular weight excluding hydrogens is 370 g/mol. The second-order valence-electron chi connectivity index (χ2n) is 6.95. The van der Waals surface area contributed by atoms with Crippen molar-refractivity contribution in [3.05, 3.63) is 65.7 Å². The maximum Gasteiger partial charge on any atom is 0.240 e. The molecule has 3 aromatic rings. The van der Waals surface area contributed by atoms with Crippen molar-refractivity contribution in [3.8, 4) is 5.69 Å². The molecule has 7 heteroatoms. The normalized spacial score (nSPS) is 15.4. The van der Waals surface area contributed by atoms with Crippen LogP contribution in [0.5, 0.6) is 0 Å². The van der Waals surface area contributed by atoms with E-state index < -0.39 is 0 Å². The number of benzene rings is 2. The lowest BCUT2D eigenvalue weighted by Gasteiger charge is -2.30. The van der Waals surface area contributed by atoms with Crippen molar-refractivity contribution in [1.82, 2.24) is 25.1 Å². The highest BCUT2D eigenvalue weighted by Gasteiger charge is 2.30. The summed E-state index contributed by atoms with van der Waals surface area (Å²) >= 11 is 1.42. The van der Waals surface area contributed by atoms with E-state index in [4.69, 9.17) is 0 Å². The van der Waals surface area contributed by atoms with Crippen LogP contribution in [0.2, 0.25) is 0 Å². The van der Waals surface area contributed by atoms with Gasteiger partial charge in [-0.2, -0.15) is 4.68 Å². The molecule has 1 amide bonds. The van der Waals surface area contributed by atoms with Gasteiger partial charge >= 0.3 is 0 Å². The van der Waals surface area contributed by atoms with Gasteiger partial charge in [0.25, 0.3) is 0 Å². The van der Waals surface area contributed by atoms with E-state index >= 15 is 0 Å². The predicted molar refractivity (Wildman–Crippen MR) is 109 cm³/mol. The van der Waals surface area contributed by atoms with Crippen LogP contribution in [-0.4, -0.2) is 44.1 Å².